The number of aliphatic hydroxyl groups is 1. The summed E-state index contributed by atoms with van der Waals surface area (Å²) in [6, 6.07) is 0. The van der Waals surface area contributed by atoms with Crippen molar-refractivity contribution in [2.45, 2.75) is 18.9 Å². The van der Waals surface area contributed by atoms with Crippen molar-refractivity contribution in [2.75, 3.05) is 26.2 Å². The van der Waals surface area contributed by atoms with Crippen molar-refractivity contribution in [3.05, 3.63) is 0 Å². The third-order valence-electron chi connectivity index (χ3n) is 2.69. The molecular weight excluding hydrogens is 184 g/mol. The zero-order valence-electron chi connectivity index (χ0n) is 8.44. The van der Waals surface area contributed by atoms with Crippen LogP contribution in [0.3, 0.4) is 0 Å². The first-order valence-electron chi connectivity index (χ1n) is 4.83. The van der Waals surface area contributed by atoms with Gasteiger partial charge in [0.2, 0.25) is 0 Å². The van der Waals surface area contributed by atoms with Crippen molar-refractivity contribution in [1.82, 2.24) is 4.90 Å². The number of carboxylic acids is 1. The molecule has 0 saturated carbocycles. The summed E-state index contributed by atoms with van der Waals surface area (Å²) in [5, 5.41) is 17.7. The zero-order valence-corrected chi connectivity index (χ0v) is 8.44. The van der Waals surface area contributed by atoms with Crippen LogP contribution in [0.1, 0.15) is 13.3 Å². The van der Waals surface area contributed by atoms with E-state index < -0.39 is 11.5 Å². The van der Waals surface area contributed by atoms with Gasteiger partial charge in [0.15, 0.2) is 0 Å². The van der Waals surface area contributed by atoms with Crippen molar-refractivity contribution in [2.24, 2.45) is 11.7 Å². The van der Waals surface area contributed by atoms with E-state index in [1.165, 1.54) is 0 Å². The summed E-state index contributed by atoms with van der Waals surface area (Å²) >= 11 is 0. The largest absolute Gasteiger partial charge is 0.480 e. The minimum Gasteiger partial charge on any atom is -0.480 e. The average molecular weight is 202 g/mol. The summed E-state index contributed by atoms with van der Waals surface area (Å²) in [6.07, 6.45) is 0.487. The van der Waals surface area contributed by atoms with Crippen molar-refractivity contribution in [3.8, 4) is 0 Å². The number of rotatable bonds is 4. The summed E-state index contributed by atoms with van der Waals surface area (Å²) in [7, 11) is 0. The first-order chi connectivity index (χ1) is 6.48. The number of likely N-dealkylation sites (tertiary alicyclic amines) is 1. The Labute approximate surface area is 83.5 Å². The van der Waals surface area contributed by atoms with Crippen LogP contribution >= 0.6 is 0 Å². The van der Waals surface area contributed by atoms with E-state index in [1.807, 2.05) is 11.8 Å². The van der Waals surface area contributed by atoms with Crippen LogP contribution in [0.4, 0.5) is 0 Å². The summed E-state index contributed by atoms with van der Waals surface area (Å²) in [6.45, 7) is 3.85. The molecule has 2 atom stereocenters. The van der Waals surface area contributed by atoms with E-state index >= 15 is 0 Å². The maximum Gasteiger partial charge on any atom is 0.325 e. The van der Waals surface area contributed by atoms with Gasteiger partial charge < -0.3 is 20.8 Å². The molecule has 0 amide bonds. The Morgan fingerprint density at radius 2 is 2.36 bits per heavy atom. The number of hydrogen-bond acceptors (Lipinski definition) is 4. The van der Waals surface area contributed by atoms with Crippen molar-refractivity contribution >= 4 is 5.97 Å². The van der Waals surface area contributed by atoms with Crippen molar-refractivity contribution in [3.63, 3.8) is 0 Å². The Bertz CT molecular complexity index is 222. The minimum absolute atomic E-state index is 0.126. The van der Waals surface area contributed by atoms with Gasteiger partial charge >= 0.3 is 5.97 Å². The predicted octanol–water partition coefficient (Wildman–Crippen LogP) is -0.897. The molecule has 0 aromatic heterocycles. The normalized spacial score (nSPS) is 30.5. The molecule has 0 radical (unpaired) electrons. The molecule has 0 aromatic rings. The van der Waals surface area contributed by atoms with Gasteiger partial charge in [-0.1, -0.05) is 6.92 Å². The monoisotopic (exact) mass is 202 g/mol. The first-order valence-corrected chi connectivity index (χ1v) is 4.83. The van der Waals surface area contributed by atoms with Crippen LogP contribution in [0.25, 0.3) is 0 Å². The third kappa shape index (κ3) is 2.43. The molecule has 82 valence electrons. The van der Waals surface area contributed by atoms with Gasteiger partial charge in [-0.2, -0.15) is 0 Å². The lowest BCUT2D eigenvalue weighted by Crippen LogP contribution is -2.50. The van der Waals surface area contributed by atoms with Crippen LogP contribution in [0.15, 0.2) is 0 Å². The maximum atomic E-state index is 10.8. The maximum absolute atomic E-state index is 10.8. The van der Waals surface area contributed by atoms with Gasteiger partial charge in [-0.05, 0) is 12.3 Å². The topological polar surface area (TPSA) is 86.8 Å². The number of nitrogens with two attached hydrogens (primary N) is 1. The number of aliphatic carboxylic acids is 1. The second-order valence-corrected chi connectivity index (χ2v) is 4.23. The van der Waals surface area contributed by atoms with Crippen LogP contribution in [-0.2, 0) is 4.79 Å². The highest BCUT2D eigenvalue weighted by Gasteiger charge is 2.41. The molecule has 0 spiro atoms. The van der Waals surface area contributed by atoms with E-state index in [0.29, 0.717) is 26.1 Å². The molecule has 5 nitrogen and oxygen atoms in total. The molecule has 1 saturated heterocycles. The number of hydrogen-bond donors (Lipinski definition) is 3. The highest BCUT2D eigenvalue weighted by atomic mass is 16.4. The fourth-order valence-corrected chi connectivity index (χ4v) is 1.74. The lowest BCUT2D eigenvalue weighted by Gasteiger charge is -2.21. The first kappa shape index (κ1) is 11.4. The molecule has 4 N–H and O–H groups in total. The molecule has 1 aliphatic rings. The van der Waals surface area contributed by atoms with E-state index in [1.54, 1.807) is 0 Å². The highest BCUT2D eigenvalue weighted by molar-refractivity contribution is 5.79. The summed E-state index contributed by atoms with van der Waals surface area (Å²) in [5.41, 5.74) is 4.62. The molecule has 0 aliphatic carbocycles. The van der Waals surface area contributed by atoms with Gasteiger partial charge in [-0.3, -0.25) is 4.79 Å². The van der Waals surface area contributed by atoms with E-state index in [0.717, 1.165) is 0 Å². The van der Waals surface area contributed by atoms with E-state index in [2.05, 4.69) is 0 Å². The number of carbonyl (C=O) groups is 1. The SMILES string of the molecule is CC(CO)CN1CCC(N)(C(=O)O)C1. The quantitative estimate of drug-likeness (QED) is 0.550. The molecule has 1 aliphatic heterocycles. The van der Waals surface area contributed by atoms with Gasteiger partial charge in [0, 0.05) is 26.2 Å². The van der Waals surface area contributed by atoms with Gasteiger partial charge in [-0.25, -0.2) is 0 Å². The van der Waals surface area contributed by atoms with Gasteiger partial charge in [0.1, 0.15) is 5.54 Å². The standard InChI is InChI=1S/C9H18N2O3/c1-7(5-12)4-11-3-2-9(10,6-11)8(13)14/h7,12H,2-6,10H2,1H3,(H,13,14). The molecule has 1 rings (SSSR count). The van der Waals surface area contributed by atoms with E-state index in [4.69, 9.17) is 15.9 Å². The Kier molecular flexibility index (Phi) is 3.47. The Hall–Kier alpha value is -0.650. The molecule has 5 heteroatoms. The highest BCUT2D eigenvalue weighted by Crippen LogP contribution is 2.19. The number of nitrogens with zero attached hydrogens (tertiary/aromatic N) is 1. The molecule has 1 heterocycles. The number of carboxylic acid groups (broad SMARTS) is 1. The zero-order chi connectivity index (χ0) is 10.8. The molecule has 0 aromatic carbocycles. The second-order valence-electron chi connectivity index (χ2n) is 4.23. The number of aliphatic hydroxyl groups excluding tert-OH is 1. The molecule has 0 bridgehead atoms. The van der Waals surface area contributed by atoms with Crippen LogP contribution < -0.4 is 5.73 Å². The Morgan fingerprint density at radius 1 is 1.71 bits per heavy atom. The fourth-order valence-electron chi connectivity index (χ4n) is 1.74. The average Bonchev–Trinajstić information content (AvgIpc) is 2.49. The lowest BCUT2D eigenvalue weighted by molar-refractivity contribution is -0.142. The summed E-state index contributed by atoms with van der Waals surface area (Å²) in [4.78, 5) is 12.8. The second kappa shape index (κ2) is 4.25. The van der Waals surface area contributed by atoms with Gasteiger partial charge in [0.25, 0.3) is 0 Å². The van der Waals surface area contributed by atoms with Crippen molar-refractivity contribution < 1.29 is 15.0 Å². The van der Waals surface area contributed by atoms with Crippen LogP contribution in [-0.4, -0.2) is 52.9 Å². The van der Waals surface area contributed by atoms with E-state index in [9.17, 15) is 4.79 Å². The Morgan fingerprint density at radius 3 is 2.79 bits per heavy atom. The van der Waals surface area contributed by atoms with Crippen LogP contribution in [0, 0.1) is 5.92 Å². The smallest absolute Gasteiger partial charge is 0.325 e. The van der Waals surface area contributed by atoms with Crippen LogP contribution in [0.2, 0.25) is 0 Å². The summed E-state index contributed by atoms with van der Waals surface area (Å²) in [5.74, 6) is -0.761. The van der Waals surface area contributed by atoms with Gasteiger partial charge in [0.05, 0.1) is 0 Å². The molecule has 14 heavy (non-hydrogen) atoms. The molecule has 1 fully saturated rings. The Balaban J connectivity index is 2.45. The molecule has 2 unspecified atom stereocenters. The predicted molar refractivity (Wildman–Crippen MR) is 51.9 cm³/mol. The summed E-state index contributed by atoms with van der Waals surface area (Å²) < 4.78 is 0. The minimum atomic E-state index is -1.09. The fraction of sp³-hybridized carbons (Fsp3) is 0.889. The lowest BCUT2D eigenvalue weighted by atomic mass is 10.0. The molecular formula is C9H18N2O3. The van der Waals surface area contributed by atoms with E-state index in [-0.39, 0.29) is 12.5 Å². The van der Waals surface area contributed by atoms with Crippen LogP contribution in [0.5, 0.6) is 0 Å². The van der Waals surface area contributed by atoms with Gasteiger partial charge in [-0.15, -0.1) is 0 Å². The van der Waals surface area contributed by atoms with Crippen molar-refractivity contribution in [1.29, 1.82) is 0 Å². The third-order valence-corrected chi connectivity index (χ3v) is 2.69.